The normalized spacial score (nSPS) is 15.0. The van der Waals surface area contributed by atoms with Gasteiger partial charge in [-0.25, -0.2) is 4.79 Å². The minimum Gasteiger partial charge on any atom is -0.351 e. The Morgan fingerprint density at radius 1 is 1.04 bits per heavy atom. The minimum atomic E-state index is -0.622. The highest BCUT2D eigenvalue weighted by Crippen LogP contribution is 2.14. The number of hydrogen-bond acceptors (Lipinski definition) is 4. The fourth-order valence-electron chi connectivity index (χ4n) is 2.85. The Morgan fingerprint density at radius 2 is 1.76 bits per heavy atom. The zero-order chi connectivity index (χ0) is 17.6. The van der Waals surface area contributed by atoms with Crippen LogP contribution in [-0.2, 0) is 6.54 Å². The summed E-state index contributed by atoms with van der Waals surface area (Å²) < 4.78 is 0. The molecule has 7 heteroatoms. The number of pyridine rings is 1. The zero-order valence-electron chi connectivity index (χ0n) is 13.9. The maximum atomic E-state index is 12.6. The molecule has 1 aliphatic rings. The largest absolute Gasteiger partial charge is 0.351 e. The van der Waals surface area contributed by atoms with Gasteiger partial charge in [0.2, 0.25) is 0 Å². The topological polar surface area (TPSA) is 91.6 Å². The van der Waals surface area contributed by atoms with Crippen LogP contribution in [0.15, 0.2) is 48.7 Å². The molecule has 0 radical (unpaired) electrons. The number of primary amides is 1. The lowest BCUT2D eigenvalue weighted by atomic mass is 10.1. The fraction of sp³-hybridized carbons (Fsp3) is 0.278. The second kappa shape index (κ2) is 7.76. The van der Waals surface area contributed by atoms with E-state index in [0.29, 0.717) is 24.3 Å². The predicted octanol–water partition coefficient (Wildman–Crippen LogP) is 1.53. The summed E-state index contributed by atoms with van der Waals surface area (Å²) in [4.78, 5) is 31.9. The highest BCUT2D eigenvalue weighted by atomic mass is 16.2. The third-order valence-corrected chi connectivity index (χ3v) is 4.17. The van der Waals surface area contributed by atoms with E-state index < -0.39 is 6.03 Å². The van der Waals surface area contributed by atoms with Gasteiger partial charge in [-0.3, -0.25) is 14.7 Å². The van der Waals surface area contributed by atoms with Crippen LogP contribution in [0.5, 0.6) is 0 Å². The summed E-state index contributed by atoms with van der Waals surface area (Å²) in [5.74, 6) is 0.00288. The van der Waals surface area contributed by atoms with E-state index in [1.54, 1.807) is 30.5 Å². The van der Waals surface area contributed by atoms with Gasteiger partial charge in [0, 0.05) is 50.2 Å². The van der Waals surface area contributed by atoms with Crippen LogP contribution < -0.4 is 11.1 Å². The first-order valence-electron chi connectivity index (χ1n) is 8.20. The summed E-state index contributed by atoms with van der Waals surface area (Å²) >= 11 is 0. The molecule has 1 aliphatic heterocycles. The summed E-state index contributed by atoms with van der Waals surface area (Å²) in [5, 5.41) is 2.48. The third kappa shape index (κ3) is 4.54. The Labute approximate surface area is 146 Å². The number of amides is 3. The lowest BCUT2D eigenvalue weighted by Crippen LogP contribution is -2.48. The van der Waals surface area contributed by atoms with Crippen molar-refractivity contribution in [1.29, 1.82) is 0 Å². The van der Waals surface area contributed by atoms with Gasteiger partial charge in [-0.05, 0) is 36.4 Å². The van der Waals surface area contributed by atoms with Crippen molar-refractivity contribution in [3.8, 4) is 0 Å². The van der Waals surface area contributed by atoms with Gasteiger partial charge in [-0.15, -0.1) is 0 Å². The van der Waals surface area contributed by atoms with Crippen LogP contribution in [-0.4, -0.2) is 52.9 Å². The van der Waals surface area contributed by atoms with Crippen molar-refractivity contribution in [2.24, 2.45) is 5.73 Å². The number of piperazine rings is 1. The predicted molar refractivity (Wildman–Crippen MR) is 95.1 cm³/mol. The average molecular weight is 339 g/mol. The number of nitrogens with two attached hydrogens (primary N) is 1. The Kier molecular flexibility index (Phi) is 5.25. The van der Waals surface area contributed by atoms with Crippen molar-refractivity contribution in [2.45, 2.75) is 6.54 Å². The van der Waals surface area contributed by atoms with E-state index in [9.17, 15) is 9.59 Å². The number of carbonyl (C=O) groups is 2. The van der Waals surface area contributed by atoms with Crippen molar-refractivity contribution in [2.75, 3.05) is 31.5 Å². The monoisotopic (exact) mass is 339 g/mol. The lowest BCUT2D eigenvalue weighted by Gasteiger charge is -2.34. The maximum absolute atomic E-state index is 12.6. The molecule has 130 valence electrons. The Hall–Kier alpha value is -2.93. The molecule has 3 N–H and O–H groups in total. The highest BCUT2D eigenvalue weighted by Gasteiger charge is 2.22. The van der Waals surface area contributed by atoms with Gasteiger partial charge < -0.3 is 16.0 Å². The fourth-order valence-corrected chi connectivity index (χ4v) is 2.85. The number of urea groups is 1. The Morgan fingerprint density at radius 3 is 2.36 bits per heavy atom. The molecule has 1 aromatic carbocycles. The van der Waals surface area contributed by atoms with Crippen LogP contribution >= 0.6 is 0 Å². The van der Waals surface area contributed by atoms with Crippen molar-refractivity contribution < 1.29 is 9.59 Å². The Balaban J connectivity index is 1.53. The smallest absolute Gasteiger partial charge is 0.316 e. The van der Waals surface area contributed by atoms with Crippen LogP contribution in [0.4, 0.5) is 10.5 Å². The summed E-state index contributed by atoms with van der Waals surface area (Å²) in [6.45, 7) is 3.82. The van der Waals surface area contributed by atoms with Crippen LogP contribution in [0.3, 0.4) is 0 Å². The minimum absolute atomic E-state index is 0.00288. The number of benzene rings is 1. The van der Waals surface area contributed by atoms with Gasteiger partial charge in [0.1, 0.15) is 0 Å². The quantitative estimate of drug-likeness (QED) is 0.884. The average Bonchev–Trinajstić information content (AvgIpc) is 2.63. The molecule has 2 aromatic rings. The first-order valence-corrected chi connectivity index (χ1v) is 8.20. The van der Waals surface area contributed by atoms with Crippen LogP contribution in [0.25, 0.3) is 0 Å². The lowest BCUT2D eigenvalue weighted by molar-refractivity contribution is 0.0627. The number of rotatable bonds is 4. The van der Waals surface area contributed by atoms with Crippen LogP contribution in [0.2, 0.25) is 0 Å². The van der Waals surface area contributed by atoms with E-state index in [4.69, 9.17) is 5.73 Å². The molecule has 1 fully saturated rings. The van der Waals surface area contributed by atoms with Gasteiger partial charge in [0.15, 0.2) is 0 Å². The van der Waals surface area contributed by atoms with Gasteiger partial charge in [0.05, 0.1) is 5.69 Å². The molecule has 0 bridgehead atoms. The van der Waals surface area contributed by atoms with E-state index in [0.717, 1.165) is 25.3 Å². The number of carbonyl (C=O) groups excluding carboxylic acids is 2. The SMILES string of the molecule is NC(=O)Nc1ccc(C(=O)N2CCN(Cc3ccccn3)CC2)cc1. The number of nitrogens with one attached hydrogen (secondary N) is 1. The summed E-state index contributed by atoms with van der Waals surface area (Å²) in [6.07, 6.45) is 1.80. The van der Waals surface area contributed by atoms with Crippen molar-refractivity contribution in [1.82, 2.24) is 14.8 Å². The second-order valence-electron chi connectivity index (χ2n) is 5.96. The van der Waals surface area contributed by atoms with Gasteiger partial charge in [-0.2, -0.15) is 0 Å². The Bertz CT molecular complexity index is 725. The van der Waals surface area contributed by atoms with Gasteiger partial charge in [0.25, 0.3) is 5.91 Å². The molecular formula is C18H21N5O2. The summed E-state index contributed by atoms with van der Waals surface area (Å²) in [5.41, 5.74) is 7.29. The molecule has 1 aromatic heterocycles. The maximum Gasteiger partial charge on any atom is 0.316 e. The van der Waals surface area contributed by atoms with E-state index in [1.807, 2.05) is 23.1 Å². The number of anilines is 1. The van der Waals surface area contributed by atoms with E-state index in [-0.39, 0.29) is 5.91 Å². The van der Waals surface area contributed by atoms with Gasteiger partial charge in [-0.1, -0.05) is 6.07 Å². The number of nitrogens with zero attached hydrogens (tertiary/aromatic N) is 3. The molecule has 0 unspecified atom stereocenters. The third-order valence-electron chi connectivity index (χ3n) is 4.17. The van der Waals surface area contributed by atoms with Crippen molar-refractivity contribution in [3.63, 3.8) is 0 Å². The molecule has 3 amide bonds. The second-order valence-corrected chi connectivity index (χ2v) is 5.96. The molecule has 0 spiro atoms. The number of hydrogen-bond donors (Lipinski definition) is 2. The van der Waals surface area contributed by atoms with E-state index in [1.165, 1.54) is 0 Å². The molecule has 3 rings (SSSR count). The molecule has 0 saturated carbocycles. The van der Waals surface area contributed by atoms with Crippen LogP contribution in [0.1, 0.15) is 16.1 Å². The van der Waals surface area contributed by atoms with Crippen molar-refractivity contribution >= 4 is 17.6 Å². The van der Waals surface area contributed by atoms with Crippen LogP contribution in [0, 0.1) is 0 Å². The first kappa shape index (κ1) is 16.9. The highest BCUT2D eigenvalue weighted by molar-refractivity contribution is 5.95. The standard InChI is InChI=1S/C18H21N5O2/c19-18(25)21-15-6-4-14(5-7-15)17(24)23-11-9-22(10-12-23)13-16-3-1-2-8-20-16/h1-8H,9-13H2,(H3,19,21,25). The first-order chi connectivity index (χ1) is 12.1. The zero-order valence-corrected chi connectivity index (χ0v) is 13.9. The summed E-state index contributed by atoms with van der Waals surface area (Å²) in [7, 11) is 0. The molecule has 0 aliphatic carbocycles. The molecule has 7 nitrogen and oxygen atoms in total. The molecule has 0 atom stereocenters. The molecular weight excluding hydrogens is 318 g/mol. The summed E-state index contributed by atoms with van der Waals surface area (Å²) in [6, 6.07) is 12.0. The number of aromatic nitrogens is 1. The molecule has 1 saturated heterocycles. The molecule has 25 heavy (non-hydrogen) atoms. The van der Waals surface area contributed by atoms with Crippen molar-refractivity contribution in [3.05, 3.63) is 59.9 Å². The molecule has 2 heterocycles. The van der Waals surface area contributed by atoms with E-state index in [2.05, 4.69) is 15.2 Å². The van der Waals surface area contributed by atoms with Gasteiger partial charge >= 0.3 is 6.03 Å². The van der Waals surface area contributed by atoms with E-state index >= 15 is 0 Å².